The van der Waals surface area contributed by atoms with Crippen LogP contribution in [-0.2, 0) is 30.2 Å². The van der Waals surface area contributed by atoms with Gasteiger partial charge in [0.2, 0.25) is 5.91 Å². The number of hydrogen-bond donors (Lipinski definition) is 1. The molecule has 2 aliphatic heterocycles. The van der Waals surface area contributed by atoms with Crippen molar-refractivity contribution in [2.75, 3.05) is 45.8 Å². The summed E-state index contributed by atoms with van der Waals surface area (Å²) in [6, 6.07) is 13.3. The molecule has 10 heteroatoms. The number of carbonyl (C=O) groups excluding carboxylic acids is 3. The van der Waals surface area contributed by atoms with Crippen LogP contribution in [0.4, 0.5) is 5.69 Å². The molecule has 3 fully saturated rings. The molecule has 0 spiro atoms. The Kier molecular flexibility index (Phi) is 10.2. The first-order chi connectivity index (χ1) is 22.4. The van der Waals surface area contributed by atoms with E-state index in [1.54, 1.807) is 14.2 Å². The molecule has 2 aromatic carbocycles. The maximum atomic E-state index is 13.9. The summed E-state index contributed by atoms with van der Waals surface area (Å²) in [5.74, 6) is -0.0384. The summed E-state index contributed by atoms with van der Waals surface area (Å²) in [4.78, 5) is 42.6. The van der Waals surface area contributed by atoms with Gasteiger partial charge in [-0.25, -0.2) is 0 Å². The standard InChI is InChI=1S/C36H45N3O7/c1-23-14-25(10-13-31(23)37-36(42)30-22-46-32-7-5-4-6-29(30)32)15-35(41)39-17-26(38-18-33(43-2)34(19-38)44-3)16-27(39)21-45-28-11-8-24(20-40)9-12-28/h4-7,10,13-14,20,22,24,26-28,33-34H,8-9,11-12,15-19,21H2,1-3H3,(H,37,42)/t24-,26-,27-,28-,33-,34+/m0/s1. The Hall–Kier alpha value is -3.57. The van der Waals surface area contributed by atoms with Gasteiger partial charge in [0, 0.05) is 56.9 Å². The summed E-state index contributed by atoms with van der Waals surface area (Å²) >= 11 is 0. The number of nitrogens with one attached hydrogen (secondary N) is 1. The Balaban J connectivity index is 1.11. The molecule has 6 rings (SSSR count). The van der Waals surface area contributed by atoms with Gasteiger partial charge in [-0.2, -0.15) is 0 Å². The third-order valence-corrected chi connectivity index (χ3v) is 10.1. The molecule has 0 radical (unpaired) electrons. The predicted octanol–water partition coefficient (Wildman–Crippen LogP) is 4.63. The van der Waals surface area contributed by atoms with Crippen LogP contribution in [-0.4, -0.2) is 98.8 Å². The number of furan rings is 1. The summed E-state index contributed by atoms with van der Waals surface area (Å²) in [5, 5.41) is 3.76. The smallest absolute Gasteiger partial charge is 0.259 e. The van der Waals surface area contributed by atoms with Crippen molar-refractivity contribution in [2.45, 2.75) is 75.8 Å². The summed E-state index contributed by atoms with van der Waals surface area (Å²) < 4.78 is 23.3. The number of nitrogens with zero attached hydrogens (tertiary/aromatic N) is 2. The van der Waals surface area contributed by atoms with E-state index in [1.165, 1.54) is 6.26 Å². The Morgan fingerprint density at radius 2 is 1.74 bits per heavy atom. The molecule has 0 unspecified atom stereocenters. The first kappa shape index (κ1) is 32.4. The second-order valence-electron chi connectivity index (χ2n) is 13.0. The van der Waals surface area contributed by atoms with E-state index in [0.29, 0.717) is 30.0 Å². The maximum absolute atomic E-state index is 13.9. The number of anilines is 1. The van der Waals surface area contributed by atoms with Gasteiger partial charge in [0.15, 0.2) is 0 Å². The van der Waals surface area contributed by atoms with E-state index in [4.69, 9.17) is 18.6 Å². The van der Waals surface area contributed by atoms with Crippen LogP contribution in [0.25, 0.3) is 11.0 Å². The minimum absolute atomic E-state index is 0.00617. The lowest BCUT2D eigenvalue weighted by Gasteiger charge is -2.29. The van der Waals surface area contributed by atoms with Gasteiger partial charge in [0.1, 0.15) is 18.1 Å². The number of aryl methyl sites for hydroxylation is 1. The molecular weight excluding hydrogens is 586 g/mol. The highest BCUT2D eigenvalue weighted by molar-refractivity contribution is 6.12. The number of para-hydroxylation sites is 1. The Morgan fingerprint density at radius 3 is 2.43 bits per heavy atom. The van der Waals surface area contributed by atoms with Crippen LogP contribution >= 0.6 is 0 Å². The highest BCUT2D eigenvalue weighted by Gasteiger charge is 2.43. The van der Waals surface area contributed by atoms with Crippen molar-refractivity contribution in [2.24, 2.45) is 5.92 Å². The van der Waals surface area contributed by atoms with Gasteiger partial charge in [-0.15, -0.1) is 0 Å². The number of hydrogen-bond acceptors (Lipinski definition) is 8. The summed E-state index contributed by atoms with van der Waals surface area (Å²) in [6.07, 6.45) is 7.26. The molecule has 0 bridgehead atoms. The van der Waals surface area contributed by atoms with E-state index in [0.717, 1.165) is 68.0 Å². The van der Waals surface area contributed by atoms with Crippen LogP contribution in [0.2, 0.25) is 0 Å². The highest BCUT2D eigenvalue weighted by atomic mass is 16.5. The lowest BCUT2D eigenvalue weighted by molar-refractivity contribution is -0.133. The number of methoxy groups -OCH3 is 2. The van der Waals surface area contributed by atoms with E-state index in [9.17, 15) is 14.4 Å². The number of benzene rings is 2. The lowest BCUT2D eigenvalue weighted by Crippen LogP contribution is -2.41. The lowest BCUT2D eigenvalue weighted by atomic mass is 9.88. The van der Waals surface area contributed by atoms with Crippen molar-refractivity contribution in [3.05, 3.63) is 65.4 Å². The Labute approximate surface area is 270 Å². The van der Waals surface area contributed by atoms with Crippen LogP contribution in [0, 0.1) is 12.8 Å². The van der Waals surface area contributed by atoms with Crippen LogP contribution in [0.1, 0.15) is 53.6 Å². The average Bonchev–Trinajstić information content (AvgIpc) is 3.82. The minimum Gasteiger partial charge on any atom is -0.463 e. The molecule has 4 atom stereocenters. The van der Waals surface area contributed by atoms with Crippen molar-refractivity contribution in [1.82, 2.24) is 9.80 Å². The predicted molar refractivity (Wildman–Crippen MR) is 174 cm³/mol. The van der Waals surface area contributed by atoms with Gasteiger partial charge in [0.05, 0.1) is 42.9 Å². The van der Waals surface area contributed by atoms with Crippen LogP contribution < -0.4 is 5.32 Å². The van der Waals surface area contributed by atoms with E-state index in [-0.39, 0.29) is 54.5 Å². The van der Waals surface area contributed by atoms with Gasteiger partial charge >= 0.3 is 0 Å². The maximum Gasteiger partial charge on any atom is 0.259 e. The van der Waals surface area contributed by atoms with E-state index >= 15 is 0 Å². The number of aldehydes is 1. The van der Waals surface area contributed by atoms with Gasteiger partial charge in [0.25, 0.3) is 5.91 Å². The third-order valence-electron chi connectivity index (χ3n) is 10.1. The number of fused-ring (bicyclic) bond motifs is 1. The summed E-state index contributed by atoms with van der Waals surface area (Å²) in [5.41, 5.74) is 3.61. The second-order valence-corrected chi connectivity index (χ2v) is 13.0. The van der Waals surface area contributed by atoms with Crippen molar-refractivity contribution in [3.63, 3.8) is 0 Å². The molecular formula is C36H45N3O7. The van der Waals surface area contributed by atoms with Crippen molar-refractivity contribution < 1.29 is 33.0 Å². The largest absolute Gasteiger partial charge is 0.463 e. The molecule has 1 aliphatic carbocycles. The molecule has 46 heavy (non-hydrogen) atoms. The van der Waals surface area contributed by atoms with Crippen LogP contribution in [0.15, 0.2) is 53.1 Å². The summed E-state index contributed by atoms with van der Waals surface area (Å²) in [6.45, 7) is 4.59. The first-order valence-electron chi connectivity index (χ1n) is 16.4. The fourth-order valence-corrected chi connectivity index (χ4v) is 7.38. The highest BCUT2D eigenvalue weighted by Crippen LogP contribution is 2.31. The normalized spacial score (nSPS) is 26.9. The van der Waals surface area contributed by atoms with Crippen LogP contribution in [0.5, 0.6) is 0 Å². The number of amides is 2. The minimum atomic E-state index is -0.240. The average molecular weight is 632 g/mol. The van der Waals surface area contributed by atoms with E-state index < -0.39 is 0 Å². The summed E-state index contributed by atoms with van der Waals surface area (Å²) in [7, 11) is 3.44. The van der Waals surface area contributed by atoms with Crippen molar-refractivity contribution >= 4 is 34.8 Å². The van der Waals surface area contributed by atoms with E-state index in [2.05, 4.69) is 10.2 Å². The van der Waals surface area contributed by atoms with Gasteiger partial charge < -0.3 is 33.6 Å². The number of ether oxygens (including phenoxy) is 3. The van der Waals surface area contributed by atoms with Crippen molar-refractivity contribution in [3.8, 4) is 0 Å². The van der Waals surface area contributed by atoms with Gasteiger partial charge in [-0.05, 0) is 62.3 Å². The number of rotatable bonds is 11. The zero-order chi connectivity index (χ0) is 32.2. The topological polar surface area (TPSA) is 111 Å². The molecule has 3 aromatic rings. The number of carbonyl (C=O) groups is 3. The number of likely N-dealkylation sites (tertiary alicyclic amines) is 2. The SMILES string of the molecule is CO[C@H]1CN([C@H]2C[C@@H](CO[C@H]3CC[C@H](C=O)CC3)N(C(=O)Cc3ccc(NC(=O)c4coc5ccccc45)c(C)c3)C2)C[C@H]1OC. The molecule has 2 saturated heterocycles. The Bertz CT molecular complexity index is 1520. The molecule has 1 N–H and O–H groups in total. The fourth-order valence-electron chi connectivity index (χ4n) is 7.38. The Morgan fingerprint density at radius 1 is 1.00 bits per heavy atom. The van der Waals surface area contributed by atoms with Crippen molar-refractivity contribution in [1.29, 1.82) is 0 Å². The van der Waals surface area contributed by atoms with Gasteiger partial charge in [-0.1, -0.05) is 30.3 Å². The quantitative estimate of drug-likeness (QED) is 0.305. The zero-order valence-electron chi connectivity index (χ0n) is 27.0. The third kappa shape index (κ3) is 7.05. The first-order valence-corrected chi connectivity index (χ1v) is 16.4. The molecule has 1 aromatic heterocycles. The molecule has 1 saturated carbocycles. The zero-order valence-corrected chi connectivity index (χ0v) is 27.0. The monoisotopic (exact) mass is 631 g/mol. The van der Waals surface area contributed by atoms with Gasteiger partial charge in [-0.3, -0.25) is 14.5 Å². The molecule has 2 amide bonds. The molecule has 10 nitrogen and oxygen atoms in total. The molecule has 3 aliphatic rings. The molecule has 3 heterocycles. The second kappa shape index (κ2) is 14.5. The fraction of sp³-hybridized carbons (Fsp3) is 0.528. The van der Waals surface area contributed by atoms with Crippen LogP contribution in [0.3, 0.4) is 0 Å². The molecule has 246 valence electrons. The van der Waals surface area contributed by atoms with E-state index in [1.807, 2.05) is 54.3 Å².